The molecular weight excluding hydrogens is 587 g/mol. The number of benzene rings is 3. The number of alkyl halides is 3. The van der Waals surface area contributed by atoms with Crippen LogP contribution >= 0.6 is 34.8 Å². The van der Waals surface area contributed by atoms with Gasteiger partial charge in [0.25, 0.3) is 0 Å². The van der Waals surface area contributed by atoms with E-state index in [2.05, 4.69) is 4.90 Å². The van der Waals surface area contributed by atoms with Crippen molar-refractivity contribution in [2.24, 2.45) is 0 Å². The fourth-order valence-corrected chi connectivity index (χ4v) is 7.46. The molecule has 10 heteroatoms. The average Bonchev–Trinajstić information content (AvgIpc) is 2.87. The molecule has 0 N–H and O–H groups in total. The molecule has 4 nitrogen and oxygen atoms in total. The van der Waals surface area contributed by atoms with E-state index in [0.29, 0.717) is 23.2 Å². The summed E-state index contributed by atoms with van der Waals surface area (Å²) in [6.07, 6.45) is 3.24. The zero-order valence-electron chi connectivity index (χ0n) is 21.1. The molecule has 2 aliphatic heterocycles. The molecule has 0 radical (unpaired) electrons. The third-order valence-electron chi connectivity index (χ3n) is 7.48. The van der Waals surface area contributed by atoms with Crippen LogP contribution in [0, 0.1) is 11.6 Å². The number of hydrogen-bond donors (Lipinski definition) is 0. The molecule has 1 saturated heterocycles. The molecular formula is C29H28Cl3F2NO3S. The molecule has 1 fully saturated rings. The molecule has 0 unspecified atom stereocenters. The van der Waals surface area contributed by atoms with Gasteiger partial charge in [0.05, 0.1) is 11.5 Å². The summed E-state index contributed by atoms with van der Waals surface area (Å²) in [5.41, 5.74) is 1.81. The molecule has 0 aliphatic carbocycles. The minimum atomic E-state index is -3.77. The Balaban J connectivity index is 1.29. The monoisotopic (exact) mass is 613 g/mol. The Morgan fingerprint density at radius 3 is 2.18 bits per heavy atom. The number of halogens is 5. The van der Waals surface area contributed by atoms with E-state index >= 15 is 8.78 Å². The summed E-state index contributed by atoms with van der Waals surface area (Å²) in [5.74, 6) is -1.98. The Morgan fingerprint density at radius 2 is 1.54 bits per heavy atom. The lowest BCUT2D eigenvalue weighted by atomic mass is 9.82. The van der Waals surface area contributed by atoms with E-state index in [9.17, 15) is 8.42 Å². The predicted octanol–water partition coefficient (Wildman–Crippen LogP) is 7.28. The summed E-state index contributed by atoms with van der Waals surface area (Å²) in [7, 11) is -3.77. The zero-order valence-corrected chi connectivity index (χ0v) is 24.2. The molecule has 0 atom stereocenters. The van der Waals surface area contributed by atoms with Crippen molar-refractivity contribution in [3.8, 4) is 16.9 Å². The second kappa shape index (κ2) is 11.2. The number of ether oxygens (including phenoxy) is 1. The van der Waals surface area contributed by atoms with Crippen LogP contribution in [0.3, 0.4) is 0 Å². The van der Waals surface area contributed by atoms with Gasteiger partial charge < -0.3 is 4.74 Å². The van der Waals surface area contributed by atoms with Gasteiger partial charge in [0.15, 0.2) is 9.84 Å². The van der Waals surface area contributed by atoms with Crippen LogP contribution < -0.4 is 4.74 Å². The maximum Gasteiger partial charge on any atom is 0.203 e. The topological polar surface area (TPSA) is 46.6 Å². The van der Waals surface area contributed by atoms with E-state index in [4.69, 9.17) is 39.5 Å². The van der Waals surface area contributed by atoms with Crippen LogP contribution in [0.5, 0.6) is 5.75 Å². The Morgan fingerprint density at radius 1 is 0.872 bits per heavy atom. The van der Waals surface area contributed by atoms with Crippen molar-refractivity contribution >= 4 is 44.6 Å². The van der Waals surface area contributed by atoms with Crippen molar-refractivity contribution in [3.63, 3.8) is 0 Å². The first-order valence-corrected chi connectivity index (χ1v) is 15.7. The summed E-state index contributed by atoms with van der Waals surface area (Å²) in [5, 5.41) is 0. The van der Waals surface area contributed by atoms with Crippen molar-refractivity contribution in [2.75, 3.05) is 19.6 Å². The van der Waals surface area contributed by atoms with Crippen molar-refractivity contribution in [1.29, 1.82) is 0 Å². The molecule has 3 aromatic rings. The van der Waals surface area contributed by atoms with Gasteiger partial charge in [-0.1, -0.05) is 71.2 Å². The van der Waals surface area contributed by atoms with E-state index in [0.717, 1.165) is 50.1 Å². The lowest BCUT2D eigenvalue weighted by Crippen LogP contribution is -2.51. The fourth-order valence-electron chi connectivity index (χ4n) is 5.43. The number of piperidine rings is 1. The minimum absolute atomic E-state index is 0.274. The maximum absolute atomic E-state index is 15.0. The van der Waals surface area contributed by atoms with E-state index in [-0.39, 0.29) is 11.4 Å². The molecule has 208 valence electrons. The lowest BCUT2D eigenvalue weighted by Gasteiger charge is -2.45. The second-order valence-electron chi connectivity index (χ2n) is 10.4. The Hall–Kier alpha value is -1.90. The van der Waals surface area contributed by atoms with Crippen molar-refractivity contribution < 1.29 is 21.9 Å². The first kappa shape index (κ1) is 28.6. The quantitative estimate of drug-likeness (QED) is 0.274. The third-order valence-corrected chi connectivity index (χ3v) is 9.34. The molecule has 5 rings (SSSR count). The number of sulfone groups is 1. The summed E-state index contributed by atoms with van der Waals surface area (Å²) in [6.45, 7) is 1.92. The Kier molecular flexibility index (Phi) is 8.20. The number of hydrogen-bond acceptors (Lipinski definition) is 4. The normalized spacial score (nSPS) is 17.6. The van der Waals surface area contributed by atoms with Gasteiger partial charge >= 0.3 is 0 Å². The summed E-state index contributed by atoms with van der Waals surface area (Å²) in [6, 6.07) is 16.5. The molecule has 3 aromatic carbocycles. The third kappa shape index (κ3) is 7.06. The lowest BCUT2D eigenvalue weighted by molar-refractivity contribution is -0.0139. The number of aryl methyl sites for hydroxylation is 1. The van der Waals surface area contributed by atoms with Crippen molar-refractivity contribution in [1.82, 2.24) is 4.90 Å². The van der Waals surface area contributed by atoms with Gasteiger partial charge in [0.2, 0.25) is 3.79 Å². The molecule has 0 aromatic heterocycles. The molecule has 39 heavy (non-hydrogen) atoms. The smallest absolute Gasteiger partial charge is 0.203 e. The van der Waals surface area contributed by atoms with Crippen LogP contribution in [0.2, 0.25) is 0 Å². The highest BCUT2D eigenvalue weighted by Gasteiger charge is 2.40. The van der Waals surface area contributed by atoms with Crippen LogP contribution in [-0.2, 0) is 27.8 Å². The van der Waals surface area contributed by atoms with Gasteiger partial charge in [-0.05, 0) is 72.2 Å². The van der Waals surface area contributed by atoms with Gasteiger partial charge in [0, 0.05) is 25.2 Å². The summed E-state index contributed by atoms with van der Waals surface area (Å²) < 4.78 is 60.4. The van der Waals surface area contributed by atoms with E-state index < -0.39 is 36.6 Å². The number of nitrogens with zero attached hydrogens (tertiary/aromatic N) is 1. The SMILES string of the molecule is O=S(=O)(Cc1ccccc1)Cc1c(F)cc(-c2ccc3c(c2)CCC2(CCN(CC(Cl)(Cl)Cl)CC2)O3)cc1F. The van der Waals surface area contributed by atoms with Gasteiger partial charge in [0.1, 0.15) is 23.0 Å². The number of rotatable bonds is 6. The van der Waals surface area contributed by atoms with Crippen LogP contribution in [0.1, 0.15) is 36.0 Å². The molecule has 2 aliphatic rings. The minimum Gasteiger partial charge on any atom is -0.487 e. The van der Waals surface area contributed by atoms with E-state index in [1.807, 2.05) is 12.1 Å². The highest BCUT2D eigenvalue weighted by atomic mass is 35.6. The largest absolute Gasteiger partial charge is 0.487 e. The van der Waals surface area contributed by atoms with Crippen LogP contribution in [0.25, 0.3) is 11.1 Å². The Labute approximate surface area is 242 Å². The van der Waals surface area contributed by atoms with E-state index in [1.54, 1.807) is 36.4 Å². The molecule has 0 amide bonds. The van der Waals surface area contributed by atoms with Crippen LogP contribution in [0.15, 0.2) is 60.7 Å². The first-order chi connectivity index (χ1) is 18.4. The summed E-state index contributed by atoms with van der Waals surface area (Å²) >= 11 is 17.8. The van der Waals surface area contributed by atoms with Gasteiger partial charge in [-0.3, -0.25) is 4.90 Å². The van der Waals surface area contributed by atoms with Crippen LogP contribution in [-0.4, -0.2) is 42.3 Å². The van der Waals surface area contributed by atoms with E-state index in [1.165, 1.54) is 12.1 Å². The number of fused-ring (bicyclic) bond motifs is 1. The molecule has 2 heterocycles. The zero-order chi connectivity index (χ0) is 27.8. The van der Waals surface area contributed by atoms with Crippen molar-refractivity contribution in [3.05, 3.63) is 89.0 Å². The summed E-state index contributed by atoms with van der Waals surface area (Å²) in [4.78, 5) is 2.12. The molecule has 1 spiro atoms. The predicted molar refractivity (Wildman–Crippen MR) is 152 cm³/mol. The molecule has 0 saturated carbocycles. The van der Waals surface area contributed by atoms with Gasteiger partial charge in [-0.2, -0.15) is 0 Å². The fraction of sp³-hybridized carbons (Fsp3) is 0.379. The highest BCUT2D eigenvalue weighted by Crippen LogP contribution is 2.41. The average molecular weight is 615 g/mol. The van der Waals surface area contributed by atoms with Gasteiger partial charge in [-0.25, -0.2) is 17.2 Å². The van der Waals surface area contributed by atoms with Gasteiger partial charge in [-0.15, -0.1) is 0 Å². The van der Waals surface area contributed by atoms with Crippen LogP contribution in [0.4, 0.5) is 8.78 Å². The molecule has 0 bridgehead atoms. The Bertz CT molecular complexity index is 1430. The maximum atomic E-state index is 15.0. The number of likely N-dealkylation sites (tertiary alicyclic amines) is 1. The highest BCUT2D eigenvalue weighted by molar-refractivity contribution is 7.89. The second-order valence-corrected chi connectivity index (χ2v) is 15.0. The van der Waals surface area contributed by atoms with Crippen molar-refractivity contribution in [2.45, 2.75) is 46.6 Å². The first-order valence-electron chi connectivity index (χ1n) is 12.7. The standard InChI is InChI=1S/C29H28Cl3F2NO3S/c30-29(31,32)19-35-12-10-28(11-13-35)9-8-22-14-21(6-7-27(22)38-28)23-15-25(33)24(26(34)16-23)18-39(36,37)17-20-4-2-1-3-5-20/h1-7,14-16H,8-13,17-19H2.